The summed E-state index contributed by atoms with van der Waals surface area (Å²) < 4.78 is 7.24. The zero-order valence-corrected chi connectivity index (χ0v) is 22.3. The first-order chi connectivity index (χ1) is 18.5. The summed E-state index contributed by atoms with van der Waals surface area (Å²) in [7, 11) is 1.37. The summed E-state index contributed by atoms with van der Waals surface area (Å²) in [5.41, 5.74) is 3.46. The van der Waals surface area contributed by atoms with Gasteiger partial charge in [-0.05, 0) is 56.7 Å². The molecule has 3 fully saturated rings. The van der Waals surface area contributed by atoms with Gasteiger partial charge in [-0.25, -0.2) is 9.78 Å². The first kappa shape index (κ1) is 24.9. The molecule has 3 aromatic rings. The summed E-state index contributed by atoms with van der Waals surface area (Å²) in [6.07, 6.45) is 5.26. The number of amides is 2. The van der Waals surface area contributed by atoms with E-state index in [1.54, 1.807) is 4.90 Å². The molecule has 3 aliphatic rings. The summed E-state index contributed by atoms with van der Waals surface area (Å²) in [5, 5.41) is 3.30. The molecule has 3 saturated heterocycles. The van der Waals surface area contributed by atoms with Crippen molar-refractivity contribution in [1.29, 1.82) is 0 Å². The van der Waals surface area contributed by atoms with Crippen LogP contribution in [0.3, 0.4) is 0 Å². The van der Waals surface area contributed by atoms with Crippen LogP contribution in [0.15, 0.2) is 54.6 Å². The molecule has 4 heterocycles. The van der Waals surface area contributed by atoms with Crippen LogP contribution in [0.4, 0.5) is 4.79 Å². The number of aryl methyl sites for hydroxylation is 1. The third-order valence-corrected chi connectivity index (χ3v) is 8.88. The lowest BCUT2D eigenvalue weighted by Gasteiger charge is -2.41. The molecule has 2 aromatic carbocycles. The van der Waals surface area contributed by atoms with Crippen molar-refractivity contribution in [3.05, 3.63) is 66.0 Å². The van der Waals surface area contributed by atoms with Crippen LogP contribution in [0.25, 0.3) is 11.0 Å². The number of rotatable bonds is 7. The van der Waals surface area contributed by atoms with E-state index >= 15 is 0 Å². The smallest absolute Gasteiger partial charge is 0.409 e. The summed E-state index contributed by atoms with van der Waals surface area (Å²) in [4.78, 5) is 33.8. The monoisotopic (exact) mass is 515 g/mol. The molecule has 0 aliphatic carbocycles. The number of fused-ring (bicyclic) bond motifs is 3. The van der Waals surface area contributed by atoms with Crippen LogP contribution in [0.5, 0.6) is 0 Å². The van der Waals surface area contributed by atoms with E-state index in [0.717, 1.165) is 42.7 Å². The van der Waals surface area contributed by atoms with E-state index in [2.05, 4.69) is 58.1 Å². The number of hydrogen-bond acceptors (Lipinski definition) is 5. The Hall–Kier alpha value is -3.39. The largest absolute Gasteiger partial charge is 0.453 e. The molecule has 0 spiro atoms. The van der Waals surface area contributed by atoms with Crippen LogP contribution < -0.4 is 5.32 Å². The van der Waals surface area contributed by atoms with Gasteiger partial charge in [0.15, 0.2) is 0 Å². The van der Waals surface area contributed by atoms with E-state index in [4.69, 9.17) is 9.72 Å². The number of para-hydroxylation sites is 2. The molecule has 3 aliphatic heterocycles. The normalized spacial score (nSPS) is 24.3. The number of piperidine rings is 1. The topological polar surface area (TPSA) is 79.7 Å². The van der Waals surface area contributed by atoms with E-state index in [0.29, 0.717) is 31.2 Å². The molecule has 0 unspecified atom stereocenters. The predicted molar refractivity (Wildman–Crippen MR) is 146 cm³/mol. The maximum atomic E-state index is 13.1. The van der Waals surface area contributed by atoms with E-state index < -0.39 is 0 Å². The maximum Gasteiger partial charge on any atom is 0.409 e. The number of aromatic nitrogens is 2. The first-order valence-corrected chi connectivity index (χ1v) is 13.9. The van der Waals surface area contributed by atoms with Crippen molar-refractivity contribution in [2.45, 2.75) is 63.2 Å². The SMILES string of the molecule is COC(=O)N1CC(C(=O)N[C@@H](CCN2[C@@H]3CC[C@H]2C[C@H](n2c(C)nc4ccccc42)C3)c2ccccc2)C1. The van der Waals surface area contributed by atoms with Crippen molar-refractivity contribution in [2.75, 3.05) is 26.7 Å². The Morgan fingerprint density at radius 3 is 2.39 bits per heavy atom. The van der Waals surface area contributed by atoms with Gasteiger partial charge in [-0.2, -0.15) is 0 Å². The van der Waals surface area contributed by atoms with Gasteiger partial charge in [0.25, 0.3) is 0 Å². The number of imidazole rings is 1. The Morgan fingerprint density at radius 1 is 1.00 bits per heavy atom. The third kappa shape index (κ3) is 4.66. The van der Waals surface area contributed by atoms with E-state index in [1.165, 1.54) is 25.5 Å². The van der Waals surface area contributed by atoms with Crippen molar-refractivity contribution in [3.63, 3.8) is 0 Å². The number of nitrogens with one attached hydrogen (secondary N) is 1. The van der Waals surface area contributed by atoms with Crippen molar-refractivity contribution in [1.82, 2.24) is 24.7 Å². The lowest BCUT2D eigenvalue weighted by Crippen LogP contribution is -2.56. The summed E-state index contributed by atoms with van der Waals surface area (Å²) in [5.74, 6) is 0.946. The van der Waals surface area contributed by atoms with E-state index in [1.807, 2.05) is 18.2 Å². The van der Waals surface area contributed by atoms with Gasteiger partial charge in [-0.15, -0.1) is 0 Å². The molecule has 1 aromatic heterocycles. The van der Waals surface area contributed by atoms with Crippen LogP contribution in [0.2, 0.25) is 0 Å². The molecule has 8 nitrogen and oxygen atoms in total. The number of carbonyl (C=O) groups excluding carboxylic acids is 2. The Morgan fingerprint density at radius 2 is 1.68 bits per heavy atom. The van der Waals surface area contributed by atoms with Gasteiger partial charge in [-0.3, -0.25) is 9.69 Å². The van der Waals surface area contributed by atoms with Gasteiger partial charge >= 0.3 is 6.09 Å². The zero-order valence-electron chi connectivity index (χ0n) is 22.3. The first-order valence-electron chi connectivity index (χ1n) is 13.9. The van der Waals surface area contributed by atoms with Gasteiger partial charge in [0.1, 0.15) is 5.82 Å². The predicted octanol–water partition coefficient (Wildman–Crippen LogP) is 4.46. The highest BCUT2D eigenvalue weighted by Gasteiger charge is 2.42. The van der Waals surface area contributed by atoms with Crippen LogP contribution in [-0.2, 0) is 9.53 Å². The quantitative estimate of drug-likeness (QED) is 0.503. The second kappa shape index (κ2) is 10.4. The average molecular weight is 516 g/mol. The summed E-state index contributed by atoms with van der Waals surface area (Å²) in [6, 6.07) is 20.3. The van der Waals surface area contributed by atoms with Crippen molar-refractivity contribution in [2.24, 2.45) is 5.92 Å². The molecule has 38 heavy (non-hydrogen) atoms. The third-order valence-electron chi connectivity index (χ3n) is 8.88. The molecule has 1 N–H and O–H groups in total. The van der Waals surface area contributed by atoms with Crippen molar-refractivity contribution in [3.8, 4) is 0 Å². The number of nitrogens with zero attached hydrogens (tertiary/aromatic N) is 4. The molecular weight excluding hydrogens is 478 g/mol. The van der Waals surface area contributed by atoms with Gasteiger partial charge in [-0.1, -0.05) is 42.5 Å². The fourth-order valence-corrected chi connectivity index (χ4v) is 6.95. The number of hydrogen-bond donors (Lipinski definition) is 1. The maximum absolute atomic E-state index is 13.1. The fraction of sp³-hybridized carbons (Fsp3) is 0.500. The van der Waals surface area contributed by atoms with E-state index in [9.17, 15) is 9.59 Å². The average Bonchev–Trinajstić information content (AvgIpc) is 3.36. The second-order valence-corrected chi connectivity index (χ2v) is 11.1. The molecule has 0 saturated carbocycles. The fourth-order valence-electron chi connectivity index (χ4n) is 6.95. The number of likely N-dealkylation sites (tertiary alicyclic amines) is 1. The minimum absolute atomic E-state index is 0.0168. The Kier molecular flexibility index (Phi) is 6.82. The number of benzene rings is 2. The van der Waals surface area contributed by atoms with Gasteiger partial charge < -0.3 is 19.5 Å². The Labute approximate surface area is 224 Å². The van der Waals surface area contributed by atoms with Crippen LogP contribution in [0.1, 0.15) is 55.6 Å². The van der Waals surface area contributed by atoms with Gasteiger partial charge in [0.05, 0.1) is 30.1 Å². The summed E-state index contributed by atoms with van der Waals surface area (Å²) in [6.45, 7) is 3.93. The molecule has 2 amide bonds. The number of methoxy groups -OCH3 is 1. The van der Waals surface area contributed by atoms with Crippen molar-refractivity contribution < 1.29 is 14.3 Å². The molecular formula is C30H37N5O3. The summed E-state index contributed by atoms with van der Waals surface area (Å²) >= 11 is 0. The molecule has 2 bridgehead atoms. The van der Waals surface area contributed by atoms with E-state index in [-0.39, 0.29) is 24.0 Å². The highest BCUT2D eigenvalue weighted by atomic mass is 16.5. The molecule has 4 atom stereocenters. The molecule has 8 heteroatoms. The van der Waals surface area contributed by atoms with Gasteiger partial charge in [0.2, 0.25) is 5.91 Å². The van der Waals surface area contributed by atoms with Crippen LogP contribution in [0, 0.1) is 12.8 Å². The second-order valence-electron chi connectivity index (χ2n) is 11.1. The minimum atomic E-state index is -0.369. The molecule has 200 valence electrons. The van der Waals surface area contributed by atoms with Gasteiger partial charge in [0, 0.05) is 37.8 Å². The number of ether oxygens (including phenoxy) is 1. The zero-order chi connectivity index (χ0) is 26.2. The highest BCUT2D eigenvalue weighted by molar-refractivity contribution is 5.83. The Balaban J connectivity index is 1.11. The van der Waals surface area contributed by atoms with Crippen LogP contribution in [-0.4, -0.2) is 70.2 Å². The van der Waals surface area contributed by atoms with Crippen LogP contribution >= 0.6 is 0 Å². The van der Waals surface area contributed by atoms with Crippen molar-refractivity contribution >= 4 is 23.0 Å². The lowest BCUT2D eigenvalue weighted by molar-refractivity contribution is -0.130. The standard InChI is InChI=1S/C30H37N5O3/c1-20-31-27-10-6-7-11-28(27)35(20)25-16-23-12-13-24(17-25)34(23)15-14-26(21-8-4-3-5-9-21)32-29(36)22-18-33(19-22)30(37)38-2/h3-11,22-26H,12-19H2,1-2H3,(H,32,36)/t23-,24+,25-,26-/m0/s1. The number of carbonyl (C=O) groups is 2. The Bertz CT molecular complexity index is 1290. The highest BCUT2D eigenvalue weighted by Crippen LogP contribution is 2.42. The lowest BCUT2D eigenvalue weighted by atomic mass is 9.94. The molecule has 6 rings (SSSR count). The minimum Gasteiger partial charge on any atom is -0.453 e. The molecule has 0 radical (unpaired) electrons.